The molecule has 0 spiro atoms. The van der Waals surface area contributed by atoms with Gasteiger partial charge in [0.05, 0.1) is 6.54 Å². The second-order valence-corrected chi connectivity index (χ2v) is 7.89. The molecule has 2 unspecified atom stereocenters. The van der Waals surface area contributed by atoms with Crippen LogP contribution in [0.2, 0.25) is 0 Å². The molecule has 1 heterocycles. The number of furan rings is 1. The van der Waals surface area contributed by atoms with Gasteiger partial charge in [0.1, 0.15) is 5.76 Å². The molecule has 120 valence electrons. The van der Waals surface area contributed by atoms with Crippen LogP contribution in [0.25, 0.3) is 0 Å². The maximum atomic E-state index is 12.4. The molecule has 0 amide bonds. The molecule has 1 aliphatic carbocycles. The first-order chi connectivity index (χ1) is 9.88. The molecule has 2 N–H and O–H groups in total. The van der Waals surface area contributed by atoms with Crippen LogP contribution in [0.4, 0.5) is 0 Å². The van der Waals surface area contributed by atoms with Crippen LogP contribution < -0.4 is 10.0 Å². The van der Waals surface area contributed by atoms with E-state index in [1.54, 1.807) is 6.07 Å². The summed E-state index contributed by atoms with van der Waals surface area (Å²) in [4.78, 5) is 0. The average molecular weight is 314 g/mol. The van der Waals surface area contributed by atoms with E-state index in [9.17, 15) is 8.42 Å². The van der Waals surface area contributed by atoms with E-state index in [-0.39, 0.29) is 11.1 Å². The van der Waals surface area contributed by atoms with Gasteiger partial charge < -0.3 is 9.73 Å². The van der Waals surface area contributed by atoms with Crippen molar-refractivity contribution in [3.8, 4) is 0 Å². The van der Waals surface area contributed by atoms with Crippen LogP contribution in [0.1, 0.15) is 52.2 Å². The van der Waals surface area contributed by atoms with E-state index in [0.717, 1.165) is 19.3 Å². The number of rotatable bonds is 6. The van der Waals surface area contributed by atoms with Gasteiger partial charge >= 0.3 is 0 Å². The topological polar surface area (TPSA) is 71.3 Å². The zero-order chi connectivity index (χ0) is 15.5. The third-order valence-electron chi connectivity index (χ3n) is 4.00. The van der Waals surface area contributed by atoms with E-state index in [2.05, 4.69) is 17.0 Å². The molecule has 1 aromatic rings. The number of sulfonamides is 1. The summed E-state index contributed by atoms with van der Waals surface area (Å²) in [5.74, 6) is 1.02. The lowest BCUT2D eigenvalue weighted by molar-refractivity contribution is 0.307. The Bertz CT molecular complexity index is 551. The molecule has 21 heavy (non-hydrogen) atoms. The van der Waals surface area contributed by atoms with E-state index in [0.29, 0.717) is 24.3 Å². The minimum Gasteiger partial charge on any atom is -0.447 e. The molecular weight excluding hydrogens is 288 g/mol. The molecule has 1 aromatic heterocycles. The van der Waals surface area contributed by atoms with Crippen molar-refractivity contribution < 1.29 is 12.8 Å². The van der Waals surface area contributed by atoms with Crippen LogP contribution >= 0.6 is 0 Å². The Morgan fingerprint density at radius 3 is 2.67 bits per heavy atom. The molecule has 1 fully saturated rings. The van der Waals surface area contributed by atoms with Crippen LogP contribution in [0.3, 0.4) is 0 Å². The molecule has 1 aliphatic rings. The van der Waals surface area contributed by atoms with Crippen molar-refractivity contribution in [1.29, 1.82) is 0 Å². The van der Waals surface area contributed by atoms with Crippen molar-refractivity contribution in [3.63, 3.8) is 0 Å². The first kappa shape index (κ1) is 16.5. The predicted molar refractivity (Wildman–Crippen MR) is 82.4 cm³/mol. The smallest absolute Gasteiger partial charge is 0.274 e. The van der Waals surface area contributed by atoms with Gasteiger partial charge in [-0.1, -0.05) is 33.6 Å². The standard InChI is InChI=1S/C15H26N2O3S/c1-11(2)16-10-13-8-9-15(20-13)21(18,19)17-14-7-5-4-6-12(14)3/h8-9,11-12,14,16-17H,4-7,10H2,1-3H3. The van der Waals surface area contributed by atoms with Crippen molar-refractivity contribution in [1.82, 2.24) is 10.0 Å². The van der Waals surface area contributed by atoms with E-state index in [1.165, 1.54) is 12.5 Å². The molecule has 1 saturated carbocycles. The van der Waals surface area contributed by atoms with Gasteiger partial charge in [0.15, 0.2) is 0 Å². The molecule has 0 aliphatic heterocycles. The van der Waals surface area contributed by atoms with Gasteiger partial charge in [-0.3, -0.25) is 0 Å². The molecule has 0 saturated heterocycles. The fraction of sp³-hybridized carbons (Fsp3) is 0.733. The SMILES string of the molecule is CC(C)NCc1ccc(S(=O)(=O)NC2CCCCC2C)o1. The Kier molecular flexibility index (Phi) is 5.46. The summed E-state index contributed by atoms with van der Waals surface area (Å²) in [6.07, 6.45) is 4.25. The summed E-state index contributed by atoms with van der Waals surface area (Å²) in [6, 6.07) is 3.60. The van der Waals surface area contributed by atoms with Crippen LogP contribution in [0.15, 0.2) is 21.6 Å². The molecule has 5 nitrogen and oxygen atoms in total. The minimum absolute atomic E-state index is 0.0147. The van der Waals surface area contributed by atoms with Crippen LogP contribution in [0.5, 0.6) is 0 Å². The lowest BCUT2D eigenvalue weighted by Gasteiger charge is -2.28. The van der Waals surface area contributed by atoms with Crippen molar-refractivity contribution in [3.05, 3.63) is 17.9 Å². The summed E-state index contributed by atoms with van der Waals surface area (Å²) in [5, 5.41) is 3.22. The summed E-state index contributed by atoms with van der Waals surface area (Å²) < 4.78 is 33.0. The van der Waals surface area contributed by atoms with Crippen molar-refractivity contribution in [2.45, 2.75) is 70.2 Å². The predicted octanol–water partition coefficient (Wildman–Crippen LogP) is 2.63. The second kappa shape index (κ2) is 6.94. The fourth-order valence-corrected chi connectivity index (χ4v) is 3.98. The summed E-state index contributed by atoms with van der Waals surface area (Å²) in [6.45, 7) is 6.71. The van der Waals surface area contributed by atoms with Crippen LogP contribution in [0, 0.1) is 5.92 Å². The molecule has 2 rings (SSSR count). The largest absolute Gasteiger partial charge is 0.447 e. The fourth-order valence-electron chi connectivity index (χ4n) is 2.65. The number of hydrogen-bond donors (Lipinski definition) is 2. The Labute approximate surface area is 127 Å². The van der Waals surface area contributed by atoms with E-state index < -0.39 is 10.0 Å². The lowest BCUT2D eigenvalue weighted by atomic mass is 9.87. The molecule has 0 aromatic carbocycles. The number of hydrogen-bond acceptors (Lipinski definition) is 4. The quantitative estimate of drug-likeness (QED) is 0.847. The highest BCUT2D eigenvalue weighted by Gasteiger charge is 2.28. The highest BCUT2D eigenvalue weighted by Crippen LogP contribution is 2.25. The van der Waals surface area contributed by atoms with Gasteiger partial charge in [0.2, 0.25) is 5.09 Å². The average Bonchev–Trinajstić information content (AvgIpc) is 2.88. The molecule has 6 heteroatoms. The Hall–Kier alpha value is -0.850. The lowest BCUT2D eigenvalue weighted by Crippen LogP contribution is -2.40. The van der Waals surface area contributed by atoms with Gasteiger partial charge in [0.25, 0.3) is 10.0 Å². The zero-order valence-corrected chi connectivity index (χ0v) is 13.9. The van der Waals surface area contributed by atoms with Crippen molar-refractivity contribution in [2.24, 2.45) is 5.92 Å². The van der Waals surface area contributed by atoms with Crippen molar-refractivity contribution in [2.75, 3.05) is 0 Å². The second-order valence-electron chi connectivity index (χ2n) is 6.25. The van der Waals surface area contributed by atoms with Gasteiger partial charge in [-0.25, -0.2) is 13.1 Å². The third kappa shape index (κ3) is 4.56. The first-order valence-electron chi connectivity index (χ1n) is 7.73. The molecule has 0 radical (unpaired) electrons. The van der Waals surface area contributed by atoms with E-state index in [4.69, 9.17) is 4.42 Å². The number of nitrogens with one attached hydrogen (secondary N) is 2. The highest BCUT2D eigenvalue weighted by atomic mass is 32.2. The zero-order valence-electron chi connectivity index (χ0n) is 13.1. The molecule has 2 atom stereocenters. The van der Waals surface area contributed by atoms with Crippen LogP contribution in [-0.2, 0) is 16.6 Å². The summed E-state index contributed by atoms with van der Waals surface area (Å²) in [7, 11) is -3.55. The first-order valence-corrected chi connectivity index (χ1v) is 9.21. The minimum atomic E-state index is -3.55. The molecule has 0 bridgehead atoms. The monoisotopic (exact) mass is 314 g/mol. The van der Waals surface area contributed by atoms with Gasteiger partial charge in [-0.15, -0.1) is 0 Å². The van der Waals surface area contributed by atoms with Gasteiger partial charge in [0, 0.05) is 12.1 Å². The van der Waals surface area contributed by atoms with E-state index >= 15 is 0 Å². The Morgan fingerprint density at radius 2 is 2.00 bits per heavy atom. The third-order valence-corrected chi connectivity index (χ3v) is 5.37. The van der Waals surface area contributed by atoms with Gasteiger partial charge in [-0.05, 0) is 30.9 Å². The summed E-state index contributed by atoms with van der Waals surface area (Å²) in [5.41, 5.74) is 0. The van der Waals surface area contributed by atoms with Crippen molar-refractivity contribution >= 4 is 10.0 Å². The maximum absolute atomic E-state index is 12.4. The normalized spacial score (nSPS) is 23.6. The van der Waals surface area contributed by atoms with E-state index in [1.807, 2.05) is 13.8 Å². The maximum Gasteiger partial charge on any atom is 0.274 e. The highest BCUT2D eigenvalue weighted by molar-refractivity contribution is 7.89. The molecular formula is C15H26N2O3S. The van der Waals surface area contributed by atoms with Gasteiger partial charge in [-0.2, -0.15) is 0 Å². The Balaban J connectivity index is 2.02. The summed E-state index contributed by atoms with van der Waals surface area (Å²) >= 11 is 0. The Morgan fingerprint density at radius 1 is 1.29 bits per heavy atom. The van der Waals surface area contributed by atoms with Crippen LogP contribution in [-0.4, -0.2) is 20.5 Å².